The van der Waals surface area contributed by atoms with Crippen molar-refractivity contribution < 1.29 is 14.3 Å². The SMILES string of the molecule is COc1cc(N2CCC3(CC2)CN(C)C3)ccc1Nc1ncc(Cl)c(Oc2cccc3c2C(=O)N(C)C3)n1. The minimum absolute atomic E-state index is 0.0900. The normalized spacial score (nSPS) is 18.4. The molecule has 1 N–H and O–H groups in total. The van der Waals surface area contributed by atoms with Gasteiger partial charge in [-0.15, -0.1) is 0 Å². The number of hydrogen-bond acceptors (Lipinski definition) is 8. The number of nitrogens with one attached hydrogen (secondary N) is 1. The van der Waals surface area contributed by atoms with Gasteiger partial charge in [-0.2, -0.15) is 4.98 Å². The lowest BCUT2D eigenvalue weighted by Gasteiger charge is -2.53. The predicted octanol–water partition coefficient (Wildman–Crippen LogP) is 4.79. The molecule has 4 heterocycles. The van der Waals surface area contributed by atoms with Crippen LogP contribution in [-0.2, 0) is 6.54 Å². The average molecular weight is 535 g/mol. The van der Waals surface area contributed by atoms with Crippen LogP contribution in [0.15, 0.2) is 42.6 Å². The number of hydrogen-bond donors (Lipinski definition) is 1. The summed E-state index contributed by atoms with van der Waals surface area (Å²) in [5.74, 6) is 1.50. The summed E-state index contributed by atoms with van der Waals surface area (Å²) >= 11 is 6.37. The zero-order valence-electron chi connectivity index (χ0n) is 21.8. The third-order valence-electron chi connectivity index (χ3n) is 7.83. The quantitative estimate of drug-likeness (QED) is 0.483. The first-order chi connectivity index (χ1) is 18.3. The number of anilines is 3. The highest BCUT2D eigenvalue weighted by molar-refractivity contribution is 6.31. The average Bonchev–Trinajstić information content (AvgIpc) is 3.20. The molecule has 6 rings (SSSR count). The molecule has 10 heteroatoms. The van der Waals surface area contributed by atoms with Gasteiger partial charge in [0.1, 0.15) is 16.5 Å². The van der Waals surface area contributed by atoms with Gasteiger partial charge in [-0.05, 0) is 49.1 Å². The molecule has 198 valence electrons. The van der Waals surface area contributed by atoms with Gasteiger partial charge >= 0.3 is 0 Å². The van der Waals surface area contributed by atoms with E-state index in [4.69, 9.17) is 21.1 Å². The van der Waals surface area contributed by atoms with Gasteiger partial charge in [-0.1, -0.05) is 23.7 Å². The molecule has 0 bridgehead atoms. The fourth-order valence-corrected chi connectivity index (χ4v) is 6.03. The van der Waals surface area contributed by atoms with E-state index in [-0.39, 0.29) is 16.8 Å². The van der Waals surface area contributed by atoms with Crippen LogP contribution in [0.3, 0.4) is 0 Å². The highest BCUT2D eigenvalue weighted by Gasteiger charge is 2.43. The number of carbonyl (C=O) groups excluding carboxylic acids is 1. The van der Waals surface area contributed by atoms with Gasteiger partial charge in [0.25, 0.3) is 5.91 Å². The number of halogens is 1. The molecule has 0 unspecified atom stereocenters. The Labute approximate surface area is 227 Å². The molecule has 3 aliphatic rings. The van der Waals surface area contributed by atoms with Gasteiger partial charge in [0, 0.05) is 51.5 Å². The number of methoxy groups -OCH3 is 1. The standard InChI is InChI=1S/C28H31ClN6O3/c1-33-16-28(17-33)9-11-35(12-10-28)19-7-8-21(23(13-19)37-3)31-27-30-14-20(29)25(32-27)38-22-6-4-5-18-15-34(2)26(36)24(18)22/h4-8,13-14H,9-12,15-17H2,1-3H3,(H,30,31,32). The van der Waals surface area contributed by atoms with Gasteiger partial charge < -0.3 is 29.5 Å². The van der Waals surface area contributed by atoms with Crippen LogP contribution in [0, 0.1) is 5.41 Å². The third-order valence-corrected chi connectivity index (χ3v) is 8.09. The van der Waals surface area contributed by atoms with Crippen LogP contribution < -0.4 is 19.7 Å². The lowest BCUT2D eigenvalue weighted by atomic mass is 9.72. The summed E-state index contributed by atoms with van der Waals surface area (Å²) in [7, 11) is 5.61. The monoisotopic (exact) mass is 534 g/mol. The highest BCUT2D eigenvalue weighted by Crippen LogP contribution is 2.42. The van der Waals surface area contributed by atoms with E-state index < -0.39 is 0 Å². The number of fused-ring (bicyclic) bond motifs is 1. The first-order valence-corrected chi connectivity index (χ1v) is 13.2. The molecule has 0 saturated carbocycles. The summed E-state index contributed by atoms with van der Waals surface area (Å²) in [6.45, 7) is 5.05. The van der Waals surface area contributed by atoms with Crippen LogP contribution in [-0.4, -0.2) is 73.1 Å². The lowest BCUT2D eigenvalue weighted by molar-refractivity contribution is 0.00131. The molecule has 1 spiro atoms. The minimum Gasteiger partial charge on any atom is -0.494 e. The van der Waals surface area contributed by atoms with E-state index in [1.165, 1.54) is 32.1 Å². The lowest BCUT2D eigenvalue weighted by Crippen LogP contribution is -2.58. The maximum atomic E-state index is 12.6. The Morgan fingerprint density at radius 3 is 2.61 bits per heavy atom. The summed E-state index contributed by atoms with van der Waals surface area (Å²) < 4.78 is 11.7. The van der Waals surface area contributed by atoms with Crippen LogP contribution in [0.1, 0.15) is 28.8 Å². The second-order valence-electron chi connectivity index (χ2n) is 10.6. The van der Waals surface area contributed by atoms with Gasteiger partial charge in [0.2, 0.25) is 11.8 Å². The maximum Gasteiger partial charge on any atom is 0.258 e. The van der Waals surface area contributed by atoms with E-state index in [1.807, 2.05) is 18.2 Å². The van der Waals surface area contributed by atoms with Crippen LogP contribution in [0.4, 0.5) is 17.3 Å². The second-order valence-corrected chi connectivity index (χ2v) is 11.0. The molecule has 2 saturated heterocycles. The topological polar surface area (TPSA) is 83.1 Å². The fourth-order valence-electron chi connectivity index (χ4n) is 5.90. The summed E-state index contributed by atoms with van der Waals surface area (Å²) in [6.07, 6.45) is 3.91. The van der Waals surface area contributed by atoms with Crippen LogP contribution >= 0.6 is 11.6 Å². The molecule has 3 aliphatic heterocycles. The van der Waals surface area contributed by atoms with E-state index in [9.17, 15) is 4.79 Å². The molecule has 3 aromatic rings. The Bertz CT molecular complexity index is 1380. The van der Waals surface area contributed by atoms with E-state index in [0.717, 1.165) is 30.0 Å². The Morgan fingerprint density at radius 1 is 1.08 bits per heavy atom. The van der Waals surface area contributed by atoms with Crippen molar-refractivity contribution in [2.75, 3.05) is 57.6 Å². The van der Waals surface area contributed by atoms with Gasteiger partial charge in [0.15, 0.2) is 0 Å². The largest absolute Gasteiger partial charge is 0.494 e. The molecule has 1 aromatic heterocycles. The van der Waals surface area contributed by atoms with E-state index in [2.05, 4.69) is 44.3 Å². The highest BCUT2D eigenvalue weighted by atomic mass is 35.5. The number of piperidine rings is 1. The van der Waals surface area contributed by atoms with Crippen LogP contribution in [0.5, 0.6) is 17.4 Å². The van der Waals surface area contributed by atoms with Crippen molar-refractivity contribution in [2.45, 2.75) is 19.4 Å². The first-order valence-electron chi connectivity index (χ1n) is 12.8. The van der Waals surface area contributed by atoms with E-state index in [1.54, 1.807) is 25.1 Å². The molecular formula is C28H31ClN6O3. The molecule has 9 nitrogen and oxygen atoms in total. The number of carbonyl (C=O) groups is 1. The number of ether oxygens (including phenoxy) is 2. The summed E-state index contributed by atoms with van der Waals surface area (Å²) in [4.78, 5) is 27.9. The fraction of sp³-hybridized carbons (Fsp3) is 0.393. The number of likely N-dealkylation sites (tertiary alicyclic amines) is 1. The molecule has 0 radical (unpaired) electrons. The molecule has 2 fully saturated rings. The maximum absolute atomic E-state index is 12.6. The number of rotatable bonds is 6. The summed E-state index contributed by atoms with van der Waals surface area (Å²) in [5, 5.41) is 3.47. The molecular weight excluding hydrogens is 504 g/mol. The van der Waals surface area contributed by atoms with Crippen molar-refractivity contribution in [3.63, 3.8) is 0 Å². The number of aromatic nitrogens is 2. The molecule has 1 amide bonds. The molecule has 0 atom stereocenters. The first kappa shape index (κ1) is 24.8. The van der Waals surface area contributed by atoms with E-state index >= 15 is 0 Å². The minimum atomic E-state index is -0.0900. The van der Waals surface area contributed by atoms with Crippen molar-refractivity contribution in [2.24, 2.45) is 5.41 Å². The smallest absolute Gasteiger partial charge is 0.258 e. The van der Waals surface area contributed by atoms with E-state index in [0.29, 0.717) is 35.0 Å². The zero-order chi connectivity index (χ0) is 26.4. The summed E-state index contributed by atoms with van der Waals surface area (Å²) in [5.41, 5.74) is 3.82. The Balaban J connectivity index is 1.19. The Kier molecular flexibility index (Phi) is 6.28. The van der Waals surface area contributed by atoms with Crippen LogP contribution in [0.25, 0.3) is 0 Å². The number of amides is 1. The molecule has 38 heavy (non-hydrogen) atoms. The van der Waals surface area contributed by atoms with Crippen molar-refractivity contribution in [3.8, 4) is 17.4 Å². The number of benzene rings is 2. The van der Waals surface area contributed by atoms with Crippen molar-refractivity contribution in [3.05, 3.63) is 58.7 Å². The second kappa shape index (κ2) is 9.63. The van der Waals surface area contributed by atoms with Crippen LogP contribution in [0.2, 0.25) is 5.02 Å². The van der Waals surface area contributed by atoms with Gasteiger partial charge in [-0.25, -0.2) is 4.98 Å². The molecule has 2 aromatic carbocycles. The van der Waals surface area contributed by atoms with Crippen molar-refractivity contribution in [1.82, 2.24) is 19.8 Å². The van der Waals surface area contributed by atoms with Crippen molar-refractivity contribution in [1.29, 1.82) is 0 Å². The predicted molar refractivity (Wildman–Crippen MR) is 147 cm³/mol. The Morgan fingerprint density at radius 2 is 1.87 bits per heavy atom. The van der Waals surface area contributed by atoms with Crippen molar-refractivity contribution >= 4 is 34.8 Å². The summed E-state index contributed by atoms with van der Waals surface area (Å²) in [6, 6.07) is 11.6. The molecule has 0 aliphatic carbocycles. The Hall–Kier alpha value is -3.56. The number of nitrogens with zero attached hydrogens (tertiary/aromatic N) is 5. The zero-order valence-corrected chi connectivity index (χ0v) is 22.6. The third kappa shape index (κ3) is 4.50. The van der Waals surface area contributed by atoms with Gasteiger partial charge in [-0.3, -0.25) is 4.79 Å². The van der Waals surface area contributed by atoms with Gasteiger partial charge in [0.05, 0.1) is 24.6 Å².